The van der Waals surface area contributed by atoms with Gasteiger partial charge in [-0.2, -0.15) is 0 Å². The molecule has 1 aromatic heterocycles. The van der Waals surface area contributed by atoms with Gasteiger partial charge in [0.2, 0.25) is 0 Å². The zero-order chi connectivity index (χ0) is 18.2. The molecule has 7 nitrogen and oxygen atoms in total. The van der Waals surface area contributed by atoms with Crippen LogP contribution in [0.25, 0.3) is 0 Å². The second-order valence-electron chi connectivity index (χ2n) is 8.06. The Hall–Kier alpha value is -1.76. The van der Waals surface area contributed by atoms with Crippen LogP contribution in [0.5, 0.6) is 0 Å². The number of likely N-dealkylation sites (tertiary alicyclic amines) is 1. The Morgan fingerprint density at radius 1 is 1.27 bits per heavy atom. The number of carboxylic acids is 1. The van der Waals surface area contributed by atoms with Gasteiger partial charge in [-0.25, -0.2) is 9.78 Å². The normalized spacial score (nSPS) is 23.0. The van der Waals surface area contributed by atoms with E-state index in [1.807, 2.05) is 27.0 Å². The number of aliphatic carboxylic acids is 1. The quantitative estimate of drug-likeness (QED) is 0.845. The molecule has 1 saturated heterocycles. The zero-order valence-electron chi connectivity index (χ0n) is 15.6. The number of aryl methyl sites for hydroxylation is 1. The zero-order valence-corrected chi connectivity index (χ0v) is 16.4. The van der Waals surface area contributed by atoms with Crippen molar-refractivity contribution in [2.45, 2.75) is 64.5 Å². The predicted octanol–water partition coefficient (Wildman–Crippen LogP) is 3.07. The molecule has 0 saturated carbocycles. The first kappa shape index (κ1) is 20.6. The van der Waals surface area contributed by atoms with Gasteiger partial charge in [0.1, 0.15) is 11.4 Å². The second-order valence-corrected chi connectivity index (χ2v) is 8.06. The summed E-state index contributed by atoms with van der Waals surface area (Å²) in [5, 5.41) is 9.32. The fraction of sp³-hybridized carbons (Fsp3) is 0.722. The van der Waals surface area contributed by atoms with Crippen LogP contribution in [0.2, 0.25) is 0 Å². The molecule has 1 aromatic rings. The van der Waals surface area contributed by atoms with Crippen LogP contribution < -0.4 is 0 Å². The van der Waals surface area contributed by atoms with Crippen molar-refractivity contribution >= 4 is 24.5 Å². The first-order valence-electron chi connectivity index (χ1n) is 8.99. The van der Waals surface area contributed by atoms with Crippen LogP contribution in [-0.4, -0.2) is 50.3 Å². The van der Waals surface area contributed by atoms with E-state index in [0.717, 1.165) is 30.8 Å². The number of carboxylic acid groups (broad SMARTS) is 1. The molecule has 2 atom stereocenters. The van der Waals surface area contributed by atoms with Crippen molar-refractivity contribution in [2.24, 2.45) is 5.92 Å². The third-order valence-corrected chi connectivity index (χ3v) is 4.91. The van der Waals surface area contributed by atoms with E-state index < -0.39 is 11.6 Å². The lowest BCUT2D eigenvalue weighted by molar-refractivity contribution is -0.142. The molecular formula is C18H28ClN3O4. The Morgan fingerprint density at radius 3 is 2.65 bits per heavy atom. The van der Waals surface area contributed by atoms with Gasteiger partial charge in [0.15, 0.2) is 0 Å². The summed E-state index contributed by atoms with van der Waals surface area (Å²) in [5.74, 6) is -0.0629. The minimum absolute atomic E-state index is 0. The number of fused-ring (bicyclic) bond motifs is 1. The van der Waals surface area contributed by atoms with E-state index in [1.54, 1.807) is 4.90 Å². The van der Waals surface area contributed by atoms with Crippen LogP contribution in [0.3, 0.4) is 0 Å². The molecule has 8 heteroatoms. The number of hydrogen-bond acceptors (Lipinski definition) is 4. The second kappa shape index (κ2) is 7.86. The Labute approximate surface area is 160 Å². The van der Waals surface area contributed by atoms with E-state index in [2.05, 4.69) is 9.55 Å². The molecule has 2 aliphatic heterocycles. The van der Waals surface area contributed by atoms with Crippen LogP contribution in [0, 0.1) is 5.92 Å². The van der Waals surface area contributed by atoms with Gasteiger partial charge in [0.05, 0.1) is 5.92 Å². The topological polar surface area (TPSA) is 84.7 Å². The number of carbonyl (C=O) groups is 2. The lowest BCUT2D eigenvalue weighted by atomic mass is 9.95. The van der Waals surface area contributed by atoms with Gasteiger partial charge in [-0.1, -0.05) is 0 Å². The molecule has 0 spiro atoms. The monoisotopic (exact) mass is 385 g/mol. The number of aromatic nitrogens is 2. The Kier molecular flexibility index (Phi) is 6.21. The highest BCUT2D eigenvalue weighted by Crippen LogP contribution is 2.31. The number of nitrogens with zero attached hydrogens (tertiary/aromatic N) is 3. The molecule has 0 radical (unpaired) electrons. The van der Waals surface area contributed by atoms with Crippen molar-refractivity contribution in [3.63, 3.8) is 0 Å². The minimum atomic E-state index is -0.746. The smallest absolute Gasteiger partial charge is 0.410 e. The summed E-state index contributed by atoms with van der Waals surface area (Å²) in [6.45, 7) is 7.33. The van der Waals surface area contributed by atoms with Crippen molar-refractivity contribution in [3.05, 3.63) is 17.7 Å². The van der Waals surface area contributed by atoms with Gasteiger partial charge in [0.25, 0.3) is 0 Å². The third kappa shape index (κ3) is 4.50. The number of halogens is 1. The molecule has 1 amide bonds. The number of rotatable bonds is 2. The van der Waals surface area contributed by atoms with Crippen LogP contribution in [0.1, 0.15) is 57.5 Å². The number of ether oxygens (including phenoxy) is 1. The molecule has 2 unspecified atom stereocenters. The van der Waals surface area contributed by atoms with Crippen molar-refractivity contribution < 1.29 is 19.4 Å². The molecule has 0 bridgehead atoms. The maximum atomic E-state index is 12.4. The number of piperidine rings is 1. The van der Waals surface area contributed by atoms with Crippen LogP contribution in [0.4, 0.5) is 4.79 Å². The third-order valence-electron chi connectivity index (χ3n) is 4.91. The first-order chi connectivity index (χ1) is 11.7. The maximum absolute atomic E-state index is 12.4. The number of hydrogen-bond donors (Lipinski definition) is 1. The molecular weight excluding hydrogens is 358 g/mol. The van der Waals surface area contributed by atoms with Gasteiger partial charge in [-0.05, 0) is 46.5 Å². The summed E-state index contributed by atoms with van der Waals surface area (Å²) in [6, 6.07) is 0. The highest BCUT2D eigenvalue weighted by molar-refractivity contribution is 5.85. The van der Waals surface area contributed by atoms with Crippen molar-refractivity contribution in [1.29, 1.82) is 0 Å². The average molecular weight is 386 g/mol. The molecule has 0 aliphatic carbocycles. The van der Waals surface area contributed by atoms with Gasteiger partial charge in [-0.3, -0.25) is 4.79 Å². The summed E-state index contributed by atoms with van der Waals surface area (Å²) in [4.78, 5) is 30.0. The van der Waals surface area contributed by atoms with Crippen molar-refractivity contribution in [2.75, 3.05) is 13.1 Å². The van der Waals surface area contributed by atoms with Gasteiger partial charge in [-0.15, -0.1) is 12.4 Å². The number of imidazole rings is 1. The standard InChI is InChI=1S/C18H27N3O4.ClH/c1-18(2,3)25-17(24)20-8-4-5-12(10-20)15-19-9-14-7-6-13(16(22)23)11-21(14)15;/h9,12-13H,4-8,10-11H2,1-3H3,(H,22,23);1H. The van der Waals surface area contributed by atoms with E-state index in [4.69, 9.17) is 4.74 Å². The van der Waals surface area contributed by atoms with Crippen LogP contribution >= 0.6 is 12.4 Å². The van der Waals surface area contributed by atoms with Crippen molar-refractivity contribution in [3.8, 4) is 0 Å². The average Bonchev–Trinajstić information content (AvgIpc) is 2.96. The molecule has 0 aromatic carbocycles. The number of carbonyl (C=O) groups excluding carboxylic acids is 1. The lowest BCUT2D eigenvalue weighted by Crippen LogP contribution is -2.43. The highest BCUT2D eigenvalue weighted by Gasteiger charge is 2.33. The van der Waals surface area contributed by atoms with E-state index in [-0.39, 0.29) is 30.3 Å². The van der Waals surface area contributed by atoms with Gasteiger partial charge in [0, 0.05) is 37.4 Å². The van der Waals surface area contributed by atoms with Gasteiger partial charge < -0.3 is 19.3 Å². The summed E-state index contributed by atoms with van der Waals surface area (Å²) < 4.78 is 7.55. The maximum Gasteiger partial charge on any atom is 0.410 e. The van der Waals surface area contributed by atoms with E-state index >= 15 is 0 Å². The summed E-state index contributed by atoms with van der Waals surface area (Å²) >= 11 is 0. The van der Waals surface area contributed by atoms with E-state index in [9.17, 15) is 14.7 Å². The molecule has 2 aliphatic rings. The Bertz CT molecular complexity index is 668. The summed E-state index contributed by atoms with van der Waals surface area (Å²) in [6.07, 6.45) is 4.83. The minimum Gasteiger partial charge on any atom is -0.481 e. The molecule has 146 valence electrons. The SMILES string of the molecule is CC(C)(C)OC(=O)N1CCCC(c2ncc3n2CC(C(=O)O)CC3)C1.Cl. The van der Waals surface area contributed by atoms with E-state index in [0.29, 0.717) is 26.1 Å². The number of amides is 1. The highest BCUT2D eigenvalue weighted by atomic mass is 35.5. The predicted molar refractivity (Wildman–Crippen MR) is 98.7 cm³/mol. The molecule has 3 rings (SSSR count). The molecule has 1 N–H and O–H groups in total. The summed E-state index contributed by atoms with van der Waals surface area (Å²) in [7, 11) is 0. The first-order valence-corrected chi connectivity index (χ1v) is 8.99. The molecule has 26 heavy (non-hydrogen) atoms. The fourth-order valence-corrected chi connectivity index (χ4v) is 3.68. The van der Waals surface area contributed by atoms with Gasteiger partial charge >= 0.3 is 12.1 Å². The fourth-order valence-electron chi connectivity index (χ4n) is 3.68. The Morgan fingerprint density at radius 2 is 2.00 bits per heavy atom. The summed E-state index contributed by atoms with van der Waals surface area (Å²) in [5.41, 5.74) is 0.590. The largest absolute Gasteiger partial charge is 0.481 e. The van der Waals surface area contributed by atoms with Crippen LogP contribution in [-0.2, 0) is 22.5 Å². The molecule has 3 heterocycles. The van der Waals surface area contributed by atoms with Crippen LogP contribution in [0.15, 0.2) is 6.20 Å². The Balaban J connectivity index is 0.00000243. The van der Waals surface area contributed by atoms with Crippen molar-refractivity contribution in [1.82, 2.24) is 14.5 Å². The molecule has 1 fully saturated rings. The lowest BCUT2D eigenvalue weighted by Gasteiger charge is -2.34. The van der Waals surface area contributed by atoms with E-state index in [1.165, 1.54) is 0 Å².